The van der Waals surface area contributed by atoms with Gasteiger partial charge in [0.15, 0.2) is 11.0 Å². The zero-order valence-corrected chi connectivity index (χ0v) is 13.4. The lowest BCUT2D eigenvalue weighted by molar-refractivity contribution is 0.278. The van der Waals surface area contributed by atoms with Crippen LogP contribution in [-0.4, -0.2) is 47.6 Å². The van der Waals surface area contributed by atoms with Crippen molar-refractivity contribution in [2.45, 2.75) is 38.1 Å². The molecule has 0 radical (unpaired) electrons. The van der Waals surface area contributed by atoms with Crippen LogP contribution in [0.15, 0.2) is 6.33 Å². The summed E-state index contributed by atoms with van der Waals surface area (Å²) in [5.41, 5.74) is 0.786. The van der Waals surface area contributed by atoms with E-state index in [2.05, 4.69) is 25.5 Å². The number of likely N-dealkylation sites (tertiary alicyclic amines) is 1. The van der Waals surface area contributed by atoms with Crippen molar-refractivity contribution in [1.29, 1.82) is 0 Å². The molecule has 21 heavy (non-hydrogen) atoms. The fourth-order valence-electron chi connectivity index (χ4n) is 3.56. The van der Waals surface area contributed by atoms with Crippen molar-refractivity contribution in [2.75, 3.05) is 37.3 Å². The van der Waals surface area contributed by atoms with Crippen LogP contribution in [0.4, 0.5) is 11.5 Å². The zero-order valence-electron chi connectivity index (χ0n) is 12.6. The third-order valence-electron chi connectivity index (χ3n) is 4.66. The molecule has 1 atom stereocenters. The van der Waals surface area contributed by atoms with Gasteiger partial charge in [0, 0.05) is 32.7 Å². The topological polar surface area (TPSA) is 53.1 Å². The van der Waals surface area contributed by atoms with Gasteiger partial charge < -0.3 is 15.5 Å². The molecule has 1 aromatic heterocycles. The Balaban J connectivity index is 1.56. The molecule has 0 amide bonds. The third-order valence-corrected chi connectivity index (χ3v) is 4.94. The summed E-state index contributed by atoms with van der Waals surface area (Å²) >= 11 is 6.09. The Morgan fingerprint density at radius 1 is 1.29 bits per heavy atom. The summed E-state index contributed by atoms with van der Waals surface area (Å²) in [6, 6.07) is 0.449. The SMILES string of the molecule is CNc1c(Cl)ncnc1NC1CCN(CC2CCCC2)C1. The first-order valence-electron chi connectivity index (χ1n) is 7.93. The lowest BCUT2D eigenvalue weighted by Crippen LogP contribution is -2.30. The molecule has 0 spiro atoms. The molecule has 2 fully saturated rings. The molecule has 116 valence electrons. The van der Waals surface area contributed by atoms with Gasteiger partial charge in [-0.3, -0.25) is 0 Å². The van der Waals surface area contributed by atoms with Crippen molar-refractivity contribution in [2.24, 2.45) is 5.92 Å². The Morgan fingerprint density at radius 3 is 2.86 bits per heavy atom. The van der Waals surface area contributed by atoms with Gasteiger partial charge in [-0.1, -0.05) is 24.4 Å². The molecule has 1 saturated carbocycles. The third kappa shape index (κ3) is 3.58. The highest BCUT2D eigenvalue weighted by atomic mass is 35.5. The van der Waals surface area contributed by atoms with Gasteiger partial charge in [0.2, 0.25) is 0 Å². The van der Waals surface area contributed by atoms with E-state index >= 15 is 0 Å². The standard InChI is InChI=1S/C15H24ClN5/c1-17-13-14(16)18-10-19-15(13)20-12-6-7-21(9-12)8-11-4-2-3-5-11/h10-12,17H,2-9H2,1H3,(H,18,19,20). The van der Waals surface area contributed by atoms with Crippen LogP contribution in [0.1, 0.15) is 32.1 Å². The number of aromatic nitrogens is 2. The molecule has 6 heteroatoms. The van der Waals surface area contributed by atoms with Crippen LogP contribution >= 0.6 is 11.6 Å². The second-order valence-corrected chi connectivity index (χ2v) is 6.54. The summed E-state index contributed by atoms with van der Waals surface area (Å²) in [6.45, 7) is 3.55. The predicted octanol–water partition coefficient (Wildman–Crippen LogP) is 2.85. The fourth-order valence-corrected chi connectivity index (χ4v) is 3.79. The molecule has 1 aliphatic carbocycles. The highest BCUT2D eigenvalue weighted by molar-refractivity contribution is 6.32. The molecule has 1 saturated heterocycles. The number of hydrogen-bond acceptors (Lipinski definition) is 5. The number of anilines is 2. The molecule has 0 aromatic carbocycles. The quantitative estimate of drug-likeness (QED) is 0.819. The van der Waals surface area contributed by atoms with Crippen molar-refractivity contribution in [1.82, 2.24) is 14.9 Å². The maximum atomic E-state index is 6.09. The van der Waals surface area contributed by atoms with E-state index in [4.69, 9.17) is 11.6 Å². The fraction of sp³-hybridized carbons (Fsp3) is 0.733. The highest BCUT2D eigenvalue weighted by Crippen LogP contribution is 2.29. The van der Waals surface area contributed by atoms with Crippen molar-refractivity contribution in [3.8, 4) is 0 Å². The Hall–Kier alpha value is -1.07. The largest absolute Gasteiger partial charge is 0.383 e. The van der Waals surface area contributed by atoms with Gasteiger partial charge in [0.1, 0.15) is 12.0 Å². The van der Waals surface area contributed by atoms with Gasteiger partial charge in [-0.2, -0.15) is 0 Å². The minimum atomic E-state index is 0.449. The average Bonchev–Trinajstić information content (AvgIpc) is 3.12. The molecular weight excluding hydrogens is 286 g/mol. The van der Waals surface area contributed by atoms with Crippen molar-refractivity contribution < 1.29 is 0 Å². The first kappa shape index (κ1) is 14.9. The molecule has 1 aromatic rings. The van der Waals surface area contributed by atoms with E-state index in [1.165, 1.54) is 45.1 Å². The molecule has 3 rings (SSSR count). The van der Waals surface area contributed by atoms with Crippen molar-refractivity contribution >= 4 is 23.1 Å². The molecule has 2 N–H and O–H groups in total. The zero-order chi connectivity index (χ0) is 14.7. The maximum Gasteiger partial charge on any atom is 0.157 e. The smallest absolute Gasteiger partial charge is 0.157 e. The van der Waals surface area contributed by atoms with Crippen LogP contribution in [0.25, 0.3) is 0 Å². The second-order valence-electron chi connectivity index (χ2n) is 6.18. The summed E-state index contributed by atoms with van der Waals surface area (Å²) in [5, 5.41) is 7.06. The van der Waals surface area contributed by atoms with Crippen LogP contribution < -0.4 is 10.6 Å². The van der Waals surface area contributed by atoms with Gasteiger partial charge in [0.25, 0.3) is 0 Å². The summed E-state index contributed by atoms with van der Waals surface area (Å²) in [5.74, 6) is 1.73. The second kappa shape index (κ2) is 6.79. The number of hydrogen-bond donors (Lipinski definition) is 2. The minimum absolute atomic E-state index is 0.449. The van der Waals surface area contributed by atoms with Crippen LogP contribution in [0, 0.1) is 5.92 Å². The Labute approximate surface area is 131 Å². The number of rotatable bonds is 5. The molecule has 2 heterocycles. The van der Waals surface area contributed by atoms with Crippen LogP contribution in [-0.2, 0) is 0 Å². The van der Waals surface area contributed by atoms with Gasteiger partial charge in [-0.05, 0) is 25.2 Å². The van der Waals surface area contributed by atoms with Gasteiger partial charge >= 0.3 is 0 Å². The van der Waals surface area contributed by atoms with Gasteiger partial charge in [-0.25, -0.2) is 9.97 Å². The summed E-state index contributed by atoms with van der Waals surface area (Å²) in [4.78, 5) is 10.9. The Kier molecular flexibility index (Phi) is 4.80. The lowest BCUT2D eigenvalue weighted by Gasteiger charge is -2.21. The van der Waals surface area contributed by atoms with Crippen molar-refractivity contribution in [3.63, 3.8) is 0 Å². The van der Waals surface area contributed by atoms with Gasteiger partial charge in [-0.15, -0.1) is 0 Å². The number of nitrogens with one attached hydrogen (secondary N) is 2. The van der Waals surface area contributed by atoms with Crippen LogP contribution in [0.5, 0.6) is 0 Å². The normalized spacial score (nSPS) is 23.6. The van der Waals surface area contributed by atoms with E-state index in [-0.39, 0.29) is 0 Å². The van der Waals surface area contributed by atoms with E-state index in [1.807, 2.05) is 7.05 Å². The molecule has 1 unspecified atom stereocenters. The van der Waals surface area contributed by atoms with Gasteiger partial charge in [0.05, 0.1) is 0 Å². The van der Waals surface area contributed by atoms with E-state index < -0.39 is 0 Å². The summed E-state index contributed by atoms with van der Waals surface area (Å²) < 4.78 is 0. The summed E-state index contributed by atoms with van der Waals surface area (Å²) in [7, 11) is 1.84. The molecule has 0 bridgehead atoms. The number of nitrogens with zero attached hydrogens (tertiary/aromatic N) is 3. The molecular formula is C15H24ClN5. The highest BCUT2D eigenvalue weighted by Gasteiger charge is 2.26. The maximum absolute atomic E-state index is 6.09. The van der Waals surface area contributed by atoms with E-state index in [0.29, 0.717) is 11.2 Å². The summed E-state index contributed by atoms with van der Waals surface area (Å²) in [6.07, 6.45) is 8.35. The molecule has 2 aliphatic rings. The molecule has 5 nitrogen and oxygen atoms in total. The first-order valence-corrected chi connectivity index (χ1v) is 8.31. The lowest BCUT2D eigenvalue weighted by atomic mass is 10.1. The number of halogens is 1. The monoisotopic (exact) mass is 309 g/mol. The van der Waals surface area contributed by atoms with Crippen LogP contribution in [0.3, 0.4) is 0 Å². The molecule has 1 aliphatic heterocycles. The first-order chi connectivity index (χ1) is 10.3. The van der Waals surface area contributed by atoms with Crippen molar-refractivity contribution in [3.05, 3.63) is 11.5 Å². The van der Waals surface area contributed by atoms with E-state index in [0.717, 1.165) is 30.4 Å². The van der Waals surface area contributed by atoms with E-state index in [1.54, 1.807) is 0 Å². The van der Waals surface area contributed by atoms with Crippen LogP contribution in [0.2, 0.25) is 5.15 Å². The van der Waals surface area contributed by atoms with E-state index in [9.17, 15) is 0 Å². The minimum Gasteiger partial charge on any atom is -0.383 e. The Morgan fingerprint density at radius 2 is 2.10 bits per heavy atom. The predicted molar refractivity (Wildman–Crippen MR) is 87.0 cm³/mol. The average molecular weight is 310 g/mol. The Bertz CT molecular complexity index is 475.